The fraction of sp³-hybridized carbons (Fsp3) is 0.647. The topological polar surface area (TPSA) is 35.2 Å². The zero-order valence-electron chi connectivity index (χ0n) is 12.4. The highest BCUT2D eigenvalue weighted by atomic mass is 79.9. The molecule has 1 aliphatic rings. The van der Waals surface area contributed by atoms with E-state index in [1.54, 1.807) is 0 Å². The molecule has 20 heavy (non-hydrogen) atoms. The lowest BCUT2D eigenvalue weighted by atomic mass is 10.0. The van der Waals surface area contributed by atoms with Crippen molar-refractivity contribution in [3.05, 3.63) is 28.2 Å². The van der Waals surface area contributed by atoms with Crippen molar-refractivity contribution in [3.63, 3.8) is 0 Å². The zero-order valence-corrected chi connectivity index (χ0v) is 14.0. The smallest absolute Gasteiger partial charge is 0.133 e. The molecule has 1 aromatic rings. The van der Waals surface area contributed by atoms with E-state index in [1.165, 1.54) is 44.1 Å². The summed E-state index contributed by atoms with van der Waals surface area (Å²) in [5, 5.41) is 0. The molecule has 1 aliphatic carbocycles. The number of nitrogens with two attached hydrogens (primary N) is 1. The molecule has 0 saturated heterocycles. The number of hydrogen-bond acceptors (Lipinski definition) is 2. The summed E-state index contributed by atoms with van der Waals surface area (Å²) < 4.78 is 7.23. The fourth-order valence-electron chi connectivity index (χ4n) is 2.75. The van der Waals surface area contributed by atoms with Crippen molar-refractivity contribution in [2.45, 2.75) is 70.4 Å². The monoisotopic (exact) mass is 339 g/mol. The minimum Gasteiger partial charge on any atom is -0.489 e. The number of benzene rings is 1. The van der Waals surface area contributed by atoms with Gasteiger partial charge in [0, 0.05) is 6.04 Å². The van der Waals surface area contributed by atoms with Gasteiger partial charge < -0.3 is 10.5 Å². The molecule has 1 fully saturated rings. The first-order valence-electron chi connectivity index (χ1n) is 7.89. The van der Waals surface area contributed by atoms with Crippen LogP contribution >= 0.6 is 15.9 Å². The highest BCUT2D eigenvalue weighted by molar-refractivity contribution is 9.10. The summed E-state index contributed by atoms with van der Waals surface area (Å²) >= 11 is 3.64. The van der Waals surface area contributed by atoms with Crippen LogP contribution in [0.15, 0.2) is 22.7 Å². The molecule has 1 unspecified atom stereocenters. The molecule has 2 rings (SSSR count). The van der Waals surface area contributed by atoms with Crippen LogP contribution in [-0.4, -0.2) is 12.1 Å². The molecule has 1 atom stereocenters. The lowest BCUT2D eigenvalue weighted by molar-refractivity contribution is 0.182. The number of halogens is 1. The quantitative estimate of drug-likeness (QED) is 0.779. The van der Waals surface area contributed by atoms with Crippen LogP contribution < -0.4 is 10.5 Å². The van der Waals surface area contributed by atoms with Crippen molar-refractivity contribution >= 4 is 15.9 Å². The molecule has 1 aromatic carbocycles. The standard InChI is InChI=1S/C17H26BrNO/c1-2-14(19)11-13-9-10-17(16(18)12-13)20-15-7-5-3-4-6-8-15/h9-10,12,14-15H,2-8,11,19H2,1H3. The Hall–Kier alpha value is -0.540. The van der Waals surface area contributed by atoms with Gasteiger partial charge in [0.1, 0.15) is 5.75 Å². The third kappa shape index (κ3) is 4.78. The molecular weight excluding hydrogens is 314 g/mol. The van der Waals surface area contributed by atoms with Crippen molar-refractivity contribution in [1.82, 2.24) is 0 Å². The van der Waals surface area contributed by atoms with E-state index in [4.69, 9.17) is 10.5 Å². The van der Waals surface area contributed by atoms with Crippen molar-refractivity contribution in [2.75, 3.05) is 0 Å². The van der Waals surface area contributed by atoms with Crippen LogP contribution in [0.25, 0.3) is 0 Å². The summed E-state index contributed by atoms with van der Waals surface area (Å²) in [6.45, 7) is 2.13. The molecule has 2 nitrogen and oxygen atoms in total. The first-order chi connectivity index (χ1) is 9.69. The molecule has 112 valence electrons. The average Bonchev–Trinajstić information content (AvgIpc) is 2.70. The minimum atomic E-state index is 0.246. The van der Waals surface area contributed by atoms with Crippen LogP contribution in [0.1, 0.15) is 57.4 Å². The normalized spacial score (nSPS) is 18.6. The molecule has 0 bridgehead atoms. The van der Waals surface area contributed by atoms with Crippen LogP contribution in [0.4, 0.5) is 0 Å². The Morgan fingerprint density at radius 2 is 1.95 bits per heavy atom. The van der Waals surface area contributed by atoms with Crippen molar-refractivity contribution in [2.24, 2.45) is 5.73 Å². The maximum atomic E-state index is 6.17. The molecule has 0 amide bonds. The molecule has 3 heteroatoms. The Balaban J connectivity index is 1.98. The molecule has 0 heterocycles. The second-order valence-corrected chi connectivity index (χ2v) is 6.72. The predicted octanol–water partition coefficient (Wildman–Crippen LogP) is 4.83. The van der Waals surface area contributed by atoms with E-state index < -0.39 is 0 Å². The lowest BCUT2D eigenvalue weighted by Crippen LogP contribution is -2.21. The van der Waals surface area contributed by atoms with Gasteiger partial charge in [-0.3, -0.25) is 0 Å². The van der Waals surface area contributed by atoms with Crippen LogP contribution in [0.2, 0.25) is 0 Å². The van der Waals surface area contributed by atoms with E-state index in [0.29, 0.717) is 6.10 Å². The van der Waals surface area contributed by atoms with E-state index in [0.717, 1.165) is 23.1 Å². The Morgan fingerprint density at radius 1 is 1.25 bits per heavy atom. The van der Waals surface area contributed by atoms with Gasteiger partial charge in [0.05, 0.1) is 10.6 Å². The molecule has 0 aliphatic heterocycles. The van der Waals surface area contributed by atoms with Gasteiger partial charge in [0.15, 0.2) is 0 Å². The zero-order chi connectivity index (χ0) is 14.4. The van der Waals surface area contributed by atoms with Crippen molar-refractivity contribution < 1.29 is 4.74 Å². The van der Waals surface area contributed by atoms with Gasteiger partial charge in [-0.15, -0.1) is 0 Å². The summed E-state index contributed by atoms with van der Waals surface area (Å²) in [5.74, 6) is 0.978. The second-order valence-electron chi connectivity index (χ2n) is 5.87. The largest absolute Gasteiger partial charge is 0.489 e. The van der Waals surface area contributed by atoms with Crippen LogP contribution in [-0.2, 0) is 6.42 Å². The third-order valence-electron chi connectivity index (χ3n) is 4.11. The number of ether oxygens (including phenoxy) is 1. The minimum absolute atomic E-state index is 0.246. The Morgan fingerprint density at radius 3 is 2.55 bits per heavy atom. The molecule has 0 spiro atoms. The molecular formula is C17H26BrNO. The maximum Gasteiger partial charge on any atom is 0.133 e. The summed E-state index contributed by atoms with van der Waals surface area (Å²) in [5.41, 5.74) is 7.29. The van der Waals surface area contributed by atoms with E-state index in [1.807, 2.05) is 0 Å². The fourth-order valence-corrected chi connectivity index (χ4v) is 3.27. The molecule has 1 saturated carbocycles. The molecule has 0 radical (unpaired) electrons. The highest BCUT2D eigenvalue weighted by Crippen LogP contribution is 2.30. The van der Waals surface area contributed by atoms with Crippen LogP contribution in [0, 0.1) is 0 Å². The van der Waals surface area contributed by atoms with Crippen LogP contribution in [0.5, 0.6) is 5.75 Å². The maximum absolute atomic E-state index is 6.17. The highest BCUT2D eigenvalue weighted by Gasteiger charge is 2.15. The Labute approximate surface area is 131 Å². The van der Waals surface area contributed by atoms with E-state index >= 15 is 0 Å². The van der Waals surface area contributed by atoms with E-state index in [2.05, 4.69) is 41.1 Å². The van der Waals surface area contributed by atoms with Crippen LogP contribution in [0.3, 0.4) is 0 Å². The lowest BCUT2D eigenvalue weighted by Gasteiger charge is -2.19. The first kappa shape index (κ1) is 15.8. The summed E-state index contributed by atoms with van der Waals surface area (Å²) in [4.78, 5) is 0. The van der Waals surface area contributed by atoms with Gasteiger partial charge in [0.2, 0.25) is 0 Å². The predicted molar refractivity (Wildman–Crippen MR) is 88.2 cm³/mol. The van der Waals surface area contributed by atoms with Crippen molar-refractivity contribution in [1.29, 1.82) is 0 Å². The number of rotatable bonds is 5. The summed E-state index contributed by atoms with van der Waals surface area (Å²) in [6.07, 6.45) is 10.0. The van der Waals surface area contributed by atoms with E-state index in [-0.39, 0.29) is 6.04 Å². The summed E-state index contributed by atoms with van der Waals surface area (Å²) in [7, 11) is 0. The van der Waals surface area contributed by atoms with Gasteiger partial charge in [-0.2, -0.15) is 0 Å². The van der Waals surface area contributed by atoms with Gasteiger partial charge in [-0.1, -0.05) is 25.8 Å². The van der Waals surface area contributed by atoms with Gasteiger partial charge in [0.25, 0.3) is 0 Å². The second kappa shape index (κ2) is 8.04. The average molecular weight is 340 g/mol. The van der Waals surface area contributed by atoms with Crippen molar-refractivity contribution in [3.8, 4) is 5.75 Å². The molecule has 0 aromatic heterocycles. The van der Waals surface area contributed by atoms with E-state index in [9.17, 15) is 0 Å². The Kier molecular flexibility index (Phi) is 6.37. The van der Waals surface area contributed by atoms with Gasteiger partial charge >= 0.3 is 0 Å². The molecule has 2 N–H and O–H groups in total. The summed E-state index contributed by atoms with van der Waals surface area (Å²) in [6, 6.07) is 6.64. The number of hydrogen-bond donors (Lipinski definition) is 1. The first-order valence-corrected chi connectivity index (χ1v) is 8.69. The van der Waals surface area contributed by atoms with Gasteiger partial charge in [-0.25, -0.2) is 0 Å². The Bertz CT molecular complexity index is 413. The SMILES string of the molecule is CCC(N)Cc1ccc(OC2CCCCCC2)c(Br)c1. The van der Waals surface area contributed by atoms with Gasteiger partial charge in [-0.05, 0) is 72.2 Å². The third-order valence-corrected chi connectivity index (χ3v) is 4.73.